The van der Waals surface area contributed by atoms with E-state index in [9.17, 15) is 9.59 Å². The lowest BCUT2D eigenvalue weighted by Crippen LogP contribution is -2.41. The zero-order chi connectivity index (χ0) is 13.5. The van der Waals surface area contributed by atoms with Crippen molar-refractivity contribution in [1.82, 2.24) is 4.90 Å². The molecule has 0 saturated carbocycles. The van der Waals surface area contributed by atoms with Gasteiger partial charge in [-0.3, -0.25) is 9.59 Å². The molecule has 0 saturated heterocycles. The van der Waals surface area contributed by atoms with Crippen LogP contribution in [0, 0.1) is 5.41 Å². The number of ether oxygens (including phenoxy) is 1. The van der Waals surface area contributed by atoms with Gasteiger partial charge in [-0.05, 0) is 13.3 Å². The van der Waals surface area contributed by atoms with Gasteiger partial charge in [0.15, 0.2) is 0 Å². The first-order valence-electron chi connectivity index (χ1n) is 6.27. The summed E-state index contributed by atoms with van der Waals surface area (Å²) in [6.07, 6.45) is 1.17. The van der Waals surface area contributed by atoms with E-state index in [4.69, 9.17) is 4.74 Å². The Bertz CT molecular complexity index is 256. The fraction of sp³-hybridized carbons (Fsp3) is 0.846. The van der Waals surface area contributed by atoms with Gasteiger partial charge in [0.25, 0.3) is 0 Å². The second-order valence-corrected chi connectivity index (χ2v) is 5.10. The number of esters is 1. The minimum Gasteiger partial charge on any atom is -0.466 e. The maximum atomic E-state index is 12.1. The van der Waals surface area contributed by atoms with Gasteiger partial charge in [0, 0.05) is 18.5 Å². The highest BCUT2D eigenvalue weighted by molar-refractivity contribution is 5.82. The van der Waals surface area contributed by atoms with E-state index in [1.54, 1.807) is 11.8 Å². The van der Waals surface area contributed by atoms with Crippen molar-refractivity contribution < 1.29 is 14.3 Å². The molecule has 0 aromatic rings. The number of amides is 1. The quantitative estimate of drug-likeness (QED) is 0.672. The summed E-state index contributed by atoms with van der Waals surface area (Å²) in [4.78, 5) is 25.1. The third-order valence-corrected chi connectivity index (χ3v) is 2.31. The van der Waals surface area contributed by atoms with Gasteiger partial charge in [-0.2, -0.15) is 0 Å². The third-order valence-electron chi connectivity index (χ3n) is 2.31. The van der Waals surface area contributed by atoms with Gasteiger partial charge >= 0.3 is 5.97 Å². The van der Waals surface area contributed by atoms with Crippen molar-refractivity contribution in [3.05, 3.63) is 0 Å². The molecule has 1 amide bonds. The molecule has 0 aromatic carbocycles. The molecule has 0 rings (SSSR count). The van der Waals surface area contributed by atoms with E-state index in [0.29, 0.717) is 19.7 Å². The van der Waals surface area contributed by atoms with Crippen LogP contribution in [-0.4, -0.2) is 36.5 Å². The number of hydrogen-bond acceptors (Lipinski definition) is 3. The van der Waals surface area contributed by atoms with E-state index >= 15 is 0 Å². The molecule has 0 radical (unpaired) electrons. The molecule has 0 fully saturated rings. The number of carbonyl (C=O) groups is 2. The summed E-state index contributed by atoms with van der Waals surface area (Å²) in [6, 6.07) is 0. The van der Waals surface area contributed by atoms with Gasteiger partial charge in [0.05, 0.1) is 13.0 Å². The number of rotatable bonds is 6. The first-order chi connectivity index (χ1) is 7.82. The van der Waals surface area contributed by atoms with E-state index < -0.39 is 5.41 Å². The first kappa shape index (κ1) is 15.9. The molecule has 0 heterocycles. The molecule has 17 heavy (non-hydrogen) atoms. The van der Waals surface area contributed by atoms with Crippen molar-refractivity contribution in [2.45, 2.75) is 47.5 Å². The molecular formula is C13H25NO3. The summed E-state index contributed by atoms with van der Waals surface area (Å²) >= 11 is 0. The van der Waals surface area contributed by atoms with Crippen LogP contribution >= 0.6 is 0 Å². The molecule has 0 N–H and O–H groups in total. The predicted molar refractivity (Wildman–Crippen MR) is 67.6 cm³/mol. The fourth-order valence-corrected chi connectivity index (χ4v) is 1.52. The maximum absolute atomic E-state index is 12.1. The van der Waals surface area contributed by atoms with Crippen molar-refractivity contribution in [1.29, 1.82) is 0 Å². The van der Waals surface area contributed by atoms with Crippen LogP contribution in [-0.2, 0) is 14.3 Å². The number of carbonyl (C=O) groups excluding carboxylic acids is 2. The van der Waals surface area contributed by atoms with Crippen LogP contribution < -0.4 is 0 Å². The van der Waals surface area contributed by atoms with Crippen LogP contribution in [0.1, 0.15) is 47.5 Å². The van der Waals surface area contributed by atoms with E-state index in [-0.39, 0.29) is 18.3 Å². The normalized spacial score (nSPS) is 11.1. The van der Waals surface area contributed by atoms with Gasteiger partial charge in [-0.15, -0.1) is 0 Å². The average molecular weight is 243 g/mol. The van der Waals surface area contributed by atoms with Crippen molar-refractivity contribution in [2.75, 3.05) is 19.7 Å². The summed E-state index contributed by atoms with van der Waals surface area (Å²) in [5.41, 5.74) is -0.399. The molecule has 0 unspecified atom stereocenters. The first-order valence-corrected chi connectivity index (χ1v) is 6.27. The zero-order valence-electron chi connectivity index (χ0n) is 11.7. The largest absolute Gasteiger partial charge is 0.466 e. The maximum Gasteiger partial charge on any atom is 0.307 e. The lowest BCUT2D eigenvalue weighted by atomic mass is 9.94. The summed E-state index contributed by atoms with van der Waals surface area (Å²) in [5, 5.41) is 0. The molecule has 0 aliphatic carbocycles. The number of nitrogens with zero attached hydrogens (tertiary/aromatic N) is 1. The Morgan fingerprint density at radius 3 is 2.12 bits per heavy atom. The van der Waals surface area contributed by atoms with Gasteiger partial charge in [0.2, 0.25) is 5.91 Å². The Kier molecular flexibility index (Phi) is 6.85. The Morgan fingerprint density at radius 1 is 1.12 bits per heavy atom. The molecule has 4 nitrogen and oxygen atoms in total. The molecule has 4 heteroatoms. The Hall–Kier alpha value is -1.06. The molecule has 100 valence electrons. The summed E-state index contributed by atoms with van der Waals surface area (Å²) < 4.78 is 4.86. The summed E-state index contributed by atoms with van der Waals surface area (Å²) in [7, 11) is 0. The molecule has 0 spiro atoms. The average Bonchev–Trinajstić information content (AvgIpc) is 2.22. The van der Waals surface area contributed by atoms with Crippen LogP contribution in [0.4, 0.5) is 0 Å². The highest BCUT2D eigenvalue weighted by Gasteiger charge is 2.26. The third kappa shape index (κ3) is 6.29. The van der Waals surface area contributed by atoms with E-state index in [1.807, 2.05) is 27.7 Å². The molecule has 0 bridgehead atoms. The van der Waals surface area contributed by atoms with Crippen LogP contribution in [0.2, 0.25) is 0 Å². The zero-order valence-corrected chi connectivity index (χ0v) is 11.7. The van der Waals surface area contributed by atoms with Gasteiger partial charge in [0.1, 0.15) is 0 Å². The minimum atomic E-state index is -0.399. The van der Waals surface area contributed by atoms with Crippen LogP contribution in [0.3, 0.4) is 0 Å². The second-order valence-electron chi connectivity index (χ2n) is 5.10. The van der Waals surface area contributed by atoms with Crippen LogP contribution in [0.5, 0.6) is 0 Å². The molecule has 0 aromatic heterocycles. The standard InChI is InChI=1S/C13H25NO3/c1-6-9-14(12(16)13(3,4)5)10-8-11(15)17-7-2/h6-10H2,1-5H3. The Balaban J connectivity index is 4.34. The lowest BCUT2D eigenvalue weighted by Gasteiger charge is -2.29. The summed E-state index contributed by atoms with van der Waals surface area (Å²) in [6.45, 7) is 11.0. The molecular weight excluding hydrogens is 218 g/mol. The summed E-state index contributed by atoms with van der Waals surface area (Å²) in [5.74, 6) is -0.154. The molecule has 0 atom stereocenters. The van der Waals surface area contributed by atoms with Gasteiger partial charge < -0.3 is 9.64 Å². The Labute approximate surface area is 104 Å². The lowest BCUT2D eigenvalue weighted by molar-refractivity contribution is -0.145. The topological polar surface area (TPSA) is 46.6 Å². The smallest absolute Gasteiger partial charge is 0.307 e. The van der Waals surface area contributed by atoms with Gasteiger partial charge in [-0.1, -0.05) is 27.7 Å². The highest BCUT2D eigenvalue weighted by Crippen LogP contribution is 2.17. The van der Waals surface area contributed by atoms with Crippen LogP contribution in [0.25, 0.3) is 0 Å². The van der Waals surface area contributed by atoms with Crippen molar-refractivity contribution in [2.24, 2.45) is 5.41 Å². The van der Waals surface area contributed by atoms with Crippen molar-refractivity contribution in [3.63, 3.8) is 0 Å². The van der Waals surface area contributed by atoms with Crippen LogP contribution in [0.15, 0.2) is 0 Å². The van der Waals surface area contributed by atoms with Crippen molar-refractivity contribution in [3.8, 4) is 0 Å². The number of hydrogen-bond donors (Lipinski definition) is 0. The molecule has 0 aliphatic heterocycles. The predicted octanol–water partition coefficient (Wildman–Crippen LogP) is 2.22. The van der Waals surface area contributed by atoms with E-state index in [2.05, 4.69) is 0 Å². The highest BCUT2D eigenvalue weighted by atomic mass is 16.5. The van der Waals surface area contributed by atoms with Crippen molar-refractivity contribution >= 4 is 11.9 Å². The fourth-order valence-electron chi connectivity index (χ4n) is 1.52. The van der Waals surface area contributed by atoms with Gasteiger partial charge in [-0.25, -0.2) is 0 Å². The van der Waals surface area contributed by atoms with E-state index in [1.165, 1.54) is 0 Å². The second kappa shape index (κ2) is 7.30. The van der Waals surface area contributed by atoms with E-state index in [0.717, 1.165) is 6.42 Å². The Morgan fingerprint density at radius 2 is 1.71 bits per heavy atom. The SMILES string of the molecule is CCCN(CCC(=O)OCC)C(=O)C(C)(C)C. The minimum absolute atomic E-state index is 0.0867. The monoisotopic (exact) mass is 243 g/mol. The molecule has 0 aliphatic rings.